The molecule has 17 heavy (non-hydrogen) atoms. The molecule has 0 bridgehead atoms. The first-order valence-electron chi connectivity index (χ1n) is 4.94. The fraction of sp³-hybridized carbons (Fsp3) is 0.556. The topological polar surface area (TPSA) is 13.0 Å². The normalized spacial score (nSPS) is 21.5. The lowest BCUT2D eigenvalue weighted by Crippen LogP contribution is -2.36. The lowest BCUT2D eigenvalue weighted by molar-refractivity contribution is 0.172. The molecule has 0 aromatic heterocycles. The Balaban J connectivity index is 2.06. The van der Waals surface area contributed by atoms with E-state index in [4.69, 9.17) is 46.4 Å². The Morgan fingerprint density at radius 3 is 1.35 bits per heavy atom. The maximum absolute atomic E-state index is 6.12. The largest absolute Gasteiger partial charge is 0.345 e. The molecule has 0 N–H and O–H groups in total. The first-order chi connectivity index (χ1) is 7.91. The van der Waals surface area contributed by atoms with Gasteiger partial charge in [-0.25, -0.2) is 0 Å². The Bertz CT molecular complexity index is 358. The van der Waals surface area contributed by atoms with E-state index in [-0.39, 0.29) is 0 Å². The van der Waals surface area contributed by atoms with E-state index in [2.05, 4.69) is 0 Å². The highest BCUT2D eigenvalue weighted by atomic mass is 35.5. The van der Waals surface area contributed by atoms with E-state index in [0.717, 1.165) is 0 Å². The summed E-state index contributed by atoms with van der Waals surface area (Å²) in [5.74, 6) is 0. The summed E-state index contributed by atoms with van der Waals surface area (Å²) in [7, 11) is 3.76. The zero-order chi connectivity index (χ0) is 12.7. The van der Waals surface area contributed by atoms with Crippen molar-refractivity contribution in [1.29, 1.82) is 0 Å². The zero-order valence-electron chi connectivity index (χ0n) is 9.42. The number of rotatable bonds is 2. The molecule has 8 heteroatoms. The minimum absolute atomic E-state index is 0.532. The van der Waals surface area contributed by atoms with Gasteiger partial charge in [0.15, 0.2) is 0 Å². The van der Waals surface area contributed by atoms with Crippen LogP contribution in [0.1, 0.15) is 0 Å². The molecule has 96 valence electrons. The second kappa shape index (κ2) is 4.84. The number of halogens is 4. The van der Waals surface area contributed by atoms with E-state index < -0.39 is 0 Å². The van der Waals surface area contributed by atoms with E-state index in [9.17, 15) is 0 Å². The van der Waals surface area contributed by atoms with E-state index in [1.165, 1.54) is 0 Å². The van der Waals surface area contributed by atoms with Crippen LogP contribution in [0.2, 0.25) is 0 Å². The molecule has 2 aliphatic rings. The van der Waals surface area contributed by atoms with E-state index in [0.29, 0.717) is 40.6 Å². The van der Waals surface area contributed by atoms with Crippen LogP contribution in [0.5, 0.6) is 0 Å². The number of nitrogens with zero attached hydrogens (tertiary/aromatic N) is 4. The fourth-order valence-corrected chi connectivity index (χ4v) is 2.60. The monoisotopic (exact) mass is 316 g/mol. The average molecular weight is 318 g/mol. The van der Waals surface area contributed by atoms with E-state index in [1.807, 2.05) is 33.7 Å². The Kier molecular flexibility index (Phi) is 3.78. The quantitative estimate of drug-likeness (QED) is 0.726. The van der Waals surface area contributed by atoms with Gasteiger partial charge in [0, 0.05) is 14.1 Å². The molecule has 4 nitrogen and oxygen atoms in total. The molecule has 0 amide bonds. The van der Waals surface area contributed by atoms with Crippen LogP contribution >= 0.6 is 46.4 Å². The first kappa shape index (κ1) is 13.3. The number of hydrogen-bond acceptors (Lipinski definition) is 4. The first-order valence-corrected chi connectivity index (χ1v) is 6.45. The molecule has 0 spiro atoms. The van der Waals surface area contributed by atoms with Crippen LogP contribution in [0.15, 0.2) is 20.6 Å². The predicted molar refractivity (Wildman–Crippen MR) is 71.3 cm³/mol. The van der Waals surface area contributed by atoms with Crippen LogP contribution in [0.4, 0.5) is 0 Å². The van der Waals surface area contributed by atoms with Crippen LogP contribution in [0.3, 0.4) is 0 Å². The van der Waals surface area contributed by atoms with Crippen LogP contribution < -0.4 is 0 Å². The van der Waals surface area contributed by atoms with Crippen LogP contribution in [0.25, 0.3) is 0 Å². The van der Waals surface area contributed by atoms with Gasteiger partial charge in [-0.3, -0.25) is 0 Å². The van der Waals surface area contributed by atoms with Crippen molar-refractivity contribution in [2.45, 2.75) is 0 Å². The van der Waals surface area contributed by atoms with Gasteiger partial charge in [-0.05, 0) is 0 Å². The summed E-state index contributed by atoms with van der Waals surface area (Å²) in [6.07, 6.45) is 0. The zero-order valence-corrected chi connectivity index (χ0v) is 12.4. The minimum Gasteiger partial charge on any atom is -0.345 e. The van der Waals surface area contributed by atoms with Crippen LogP contribution in [0, 0.1) is 0 Å². The molecule has 0 aromatic carbocycles. The maximum Gasteiger partial charge on any atom is 0.143 e. The highest BCUT2D eigenvalue weighted by molar-refractivity contribution is 6.39. The molecular weight excluding hydrogens is 306 g/mol. The molecular formula is C9H12Cl4N4. The summed E-state index contributed by atoms with van der Waals surface area (Å²) in [6.45, 7) is 1.83. The highest BCUT2D eigenvalue weighted by Crippen LogP contribution is 2.32. The van der Waals surface area contributed by atoms with E-state index >= 15 is 0 Å². The summed E-state index contributed by atoms with van der Waals surface area (Å²) in [6, 6.07) is 0. The van der Waals surface area contributed by atoms with Crippen molar-refractivity contribution in [2.75, 3.05) is 34.1 Å². The van der Waals surface area contributed by atoms with Crippen molar-refractivity contribution < 1.29 is 0 Å². The fourth-order valence-electron chi connectivity index (χ4n) is 1.76. The molecule has 0 saturated heterocycles. The van der Waals surface area contributed by atoms with Crippen LogP contribution in [-0.2, 0) is 0 Å². The lowest BCUT2D eigenvalue weighted by atomic mass is 10.7. The van der Waals surface area contributed by atoms with Gasteiger partial charge in [0.1, 0.15) is 20.6 Å². The van der Waals surface area contributed by atoms with Gasteiger partial charge in [0.25, 0.3) is 0 Å². The second-order valence-electron chi connectivity index (χ2n) is 4.06. The average Bonchev–Trinajstić information content (AvgIpc) is 2.66. The summed E-state index contributed by atoms with van der Waals surface area (Å²) < 4.78 is 0. The predicted octanol–water partition coefficient (Wildman–Crippen LogP) is 2.56. The summed E-state index contributed by atoms with van der Waals surface area (Å²) in [5.41, 5.74) is 0. The maximum atomic E-state index is 6.12. The van der Waals surface area contributed by atoms with Crippen molar-refractivity contribution in [1.82, 2.24) is 19.6 Å². The van der Waals surface area contributed by atoms with Gasteiger partial charge in [-0.2, -0.15) is 0 Å². The van der Waals surface area contributed by atoms with Gasteiger partial charge >= 0.3 is 0 Å². The van der Waals surface area contributed by atoms with Gasteiger partial charge < -0.3 is 19.6 Å². The van der Waals surface area contributed by atoms with Gasteiger partial charge in [0.2, 0.25) is 0 Å². The SMILES string of the molecule is CN1CN(CN2CN(C)C(Cl)=C2Cl)C(Cl)=C1Cl. The van der Waals surface area contributed by atoms with Crippen molar-refractivity contribution in [3.8, 4) is 0 Å². The van der Waals surface area contributed by atoms with Gasteiger partial charge in [-0.1, -0.05) is 46.4 Å². The Labute approximate surface area is 121 Å². The van der Waals surface area contributed by atoms with Crippen molar-refractivity contribution in [2.24, 2.45) is 0 Å². The molecule has 0 radical (unpaired) electrons. The summed E-state index contributed by atoms with van der Waals surface area (Å²) in [4.78, 5) is 7.58. The van der Waals surface area contributed by atoms with Crippen molar-refractivity contribution in [3.05, 3.63) is 20.6 Å². The van der Waals surface area contributed by atoms with Gasteiger partial charge in [0.05, 0.1) is 20.0 Å². The Morgan fingerprint density at radius 1 is 0.765 bits per heavy atom. The number of hydrogen-bond donors (Lipinski definition) is 0. The summed E-state index contributed by atoms with van der Waals surface area (Å²) in [5, 5.41) is 2.16. The Hall–Kier alpha value is -0.160. The molecule has 0 aromatic rings. The molecule has 0 atom stereocenters. The molecule has 0 aliphatic carbocycles. The minimum atomic E-state index is 0.532. The van der Waals surface area contributed by atoms with Crippen LogP contribution in [-0.4, -0.2) is 53.7 Å². The third kappa shape index (κ3) is 2.36. The lowest BCUT2D eigenvalue weighted by Gasteiger charge is -2.27. The summed E-state index contributed by atoms with van der Waals surface area (Å²) >= 11 is 24.3. The molecule has 2 heterocycles. The third-order valence-corrected chi connectivity index (χ3v) is 4.64. The van der Waals surface area contributed by atoms with Crippen molar-refractivity contribution in [3.63, 3.8) is 0 Å². The van der Waals surface area contributed by atoms with Crippen molar-refractivity contribution >= 4 is 46.4 Å². The van der Waals surface area contributed by atoms with E-state index in [1.54, 1.807) is 0 Å². The third-order valence-electron chi connectivity index (χ3n) is 2.67. The molecule has 0 fully saturated rings. The standard InChI is InChI=1S/C9H12Cl4N4/c1-14-3-16(8(12)6(14)10)5-17-4-15(2)7(11)9(17)13/h3-5H2,1-2H3. The molecule has 2 aliphatic heterocycles. The highest BCUT2D eigenvalue weighted by Gasteiger charge is 2.30. The second-order valence-corrected chi connectivity index (χ2v) is 5.50. The smallest absolute Gasteiger partial charge is 0.143 e. The van der Waals surface area contributed by atoms with Gasteiger partial charge in [-0.15, -0.1) is 0 Å². The molecule has 0 saturated carbocycles. The molecule has 0 unspecified atom stereocenters. The Morgan fingerprint density at radius 2 is 1.12 bits per heavy atom. The molecule has 2 rings (SSSR count).